The van der Waals surface area contributed by atoms with Crippen molar-refractivity contribution in [2.75, 3.05) is 6.61 Å². The van der Waals surface area contributed by atoms with Gasteiger partial charge in [0.2, 0.25) is 0 Å². The van der Waals surface area contributed by atoms with Crippen LogP contribution in [0.15, 0.2) is 42.5 Å². The van der Waals surface area contributed by atoms with Gasteiger partial charge in [-0.2, -0.15) is 13.2 Å². The molecule has 0 amide bonds. The summed E-state index contributed by atoms with van der Waals surface area (Å²) in [4.78, 5) is 6.98. The number of aliphatic hydroxyl groups excluding tert-OH is 1. The average Bonchev–Trinajstić information content (AvgIpc) is 2.95. The summed E-state index contributed by atoms with van der Waals surface area (Å²) in [5, 5.41) is 10.3. The highest BCUT2D eigenvalue weighted by Crippen LogP contribution is 2.25. The first-order chi connectivity index (χ1) is 11.3. The number of aliphatic hydroxyl groups is 1. The first kappa shape index (κ1) is 16.3. The molecule has 4 nitrogen and oxygen atoms in total. The lowest BCUT2D eigenvalue weighted by atomic mass is 10.1. The largest absolute Gasteiger partial charge is 0.484 e. The predicted octanol–water partition coefficient (Wildman–Crippen LogP) is 3.72. The number of H-pyrrole nitrogens is 1. The molecule has 3 aromatic rings. The fourth-order valence-corrected chi connectivity index (χ4v) is 2.20. The number of nitrogens with one attached hydrogen (secondary N) is 1. The minimum atomic E-state index is -4.41. The zero-order chi connectivity index (χ0) is 17.3. The molecule has 0 saturated heterocycles. The van der Waals surface area contributed by atoms with Crippen molar-refractivity contribution < 1.29 is 27.4 Å². The van der Waals surface area contributed by atoms with Gasteiger partial charge in [0.15, 0.2) is 6.61 Å². The van der Waals surface area contributed by atoms with Crippen molar-refractivity contribution >= 4 is 11.0 Å². The van der Waals surface area contributed by atoms with Crippen LogP contribution in [0.2, 0.25) is 0 Å². The molecule has 3 rings (SSSR count). The number of alkyl halides is 3. The molecule has 0 radical (unpaired) electrons. The zero-order valence-corrected chi connectivity index (χ0v) is 12.1. The summed E-state index contributed by atoms with van der Waals surface area (Å²) in [5.74, 6) is -0.187. The Kier molecular flexibility index (Phi) is 4.15. The van der Waals surface area contributed by atoms with E-state index in [-0.39, 0.29) is 11.6 Å². The van der Waals surface area contributed by atoms with Gasteiger partial charge in [-0.15, -0.1) is 0 Å². The third kappa shape index (κ3) is 3.65. The van der Waals surface area contributed by atoms with Crippen molar-refractivity contribution in [2.45, 2.75) is 12.3 Å². The SMILES string of the molecule is OC(c1ccc(OCC(F)(F)F)cc1)c1nc2ccc(F)cc2[nH]1. The second kappa shape index (κ2) is 6.12. The first-order valence-electron chi connectivity index (χ1n) is 6.94. The molecule has 2 aromatic carbocycles. The van der Waals surface area contributed by atoms with Crippen LogP contribution in [-0.4, -0.2) is 27.9 Å². The maximum Gasteiger partial charge on any atom is 0.422 e. The Hall–Kier alpha value is -2.61. The van der Waals surface area contributed by atoms with Crippen molar-refractivity contribution in [3.05, 3.63) is 59.7 Å². The van der Waals surface area contributed by atoms with E-state index in [9.17, 15) is 22.7 Å². The van der Waals surface area contributed by atoms with Gasteiger partial charge in [-0.05, 0) is 35.9 Å². The fraction of sp³-hybridized carbons (Fsp3) is 0.188. The van der Waals surface area contributed by atoms with Gasteiger partial charge >= 0.3 is 6.18 Å². The van der Waals surface area contributed by atoms with Crippen molar-refractivity contribution in [1.82, 2.24) is 9.97 Å². The molecular formula is C16H12F4N2O2. The number of aromatic amines is 1. The Morgan fingerprint density at radius 3 is 2.50 bits per heavy atom. The van der Waals surface area contributed by atoms with E-state index in [1.165, 1.54) is 42.5 Å². The second-order valence-electron chi connectivity index (χ2n) is 5.16. The van der Waals surface area contributed by atoms with Gasteiger partial charge in [-0.3, -0.25) is 0 Å². The van der Waals surface area contributed by atoms with Crippen LogP contribution in [-0.2, 0) is 0 Å². The van der Waals surface area contributed by atoms with Crippen LogP contribution < -0.4 is 4.74 Å². The topological polar surface area (TPSA) is 58.1 Å². The Morgan fingerprint density at radius 2 is 1.83 bits per heavy atom. The Balaban J connectivity index is 1.77. The Labute approximate surface area is 133 Å². The third-order valence-electron chi connectivity index (χ3n) is 3.32. The molecule has 1 heterocycles. The molecule has 126 valence electrons. The molecule has 1 unspecified atom stereocenters. The van der Waals surface area contributed by atoms with Gasteiger partial charge < -0.3 is 14.8 Å². The van der Waals surface area contributed by atoms with E-state index in [1.54, 1.807) is 0 Å². The highest BCUT2D eigenvalue weighted by molar-refractivity contribution is 5.75. The molecule has 0 aliphatic carbocycles. The van der Waals surface area contributed by atoms with E-state index in [4.69, 9.17) is 0 Å². The van der Waals surface area contributed by atoms with Gasteiger partial charge in [0.05, 0.1) is 11.0 Å². The maximum absolute atomic E-state index is 13.2. The number of rotatable bonds is 4. The van der Waals surface area contributed by atoms with E-state index in [0.717, 1.165) is 0 Å². The normalized spacial score (nSPS) is 13.2. The third-order valence-corrected chi connectivity index (χ3v) is 3.32. The number of benzene rings is 2. The van der Waals surface area contributed by atoms with Gasteiger partial charge in [0.25, 0.3) is 0 Å². The summed E-state index contributed by atoms with van der Waals surface area (Å²) < 4.78 is 54.1. The summed E-state index contributed by atoms with van der Waals surface area (Å²) >= 11 is 0. The smallest absolute Gasteiger partial charge is 0.422 e. The minimum absolute atomic E-state index is 0.0370. The van der Waals surface area contributed by atoms with Crippen molar-refractivity contribution in [3.8, 4) is 5.75 Å². The van der Waals surface area contributed by atoms with Crippen LogP contribution in [0.3, 0.4) is 0 Å². The molecule has 0 aliphatic rings. The highest BCUT2D eigenvalue weighted by Gasteiger charge is 2.28. The quantitative estimate of drug-likeness (QED) is 0.712. The van der Waals surface area contributed by atoms with Gasteiger partial charge in [-0.1, -0.05) is 12.1 Å². The second-order valence-corrected chi connectivity index (χ2v) is 5.16. The average molecular weight is 340 g/mol. The van der Waals surface area contributed by atoms with Crippen LogP contribution in [0.5, 0.6) is 5.75 Å². The number of imidazole rings is 1. The summed E-state index contributed by atoms with van der Waals surface area (Å²) in [5.41, 5.74) is 1.35. The molecule has 0 bridgehead atoms. The van der Waals surface area contributed by atoms with Crippen LogP contribution >= 0.6 is 0 Å². The number of hydrogen-bond acceptors (Lipinski definition) is 3. The minimum Gasteiger partial charge on any atom is -0.484 e. The first-order valence-corrected chi connectivity index (χ1v) is 6.94. The number of aromatic nitrogens is 2. The molecule has 1 aromatic heterocycles. The molecular weight excluding hydrogens is 328 g/mol. The van der Waals surface area contributed by atoms with E-state index < -0.39 is 24.7 Å². The lowest BCUT2D eigenvalue weighted by Gasteiger charge is -2.11. The van der Waals surface area contributed by atoms with Crippen LogP contribution in [0.1, 0.15) is 17.5 Å². The lowest BCUT2D eigenvalue weighted by Crippen LogP contribution is -2.19. The molecule has 0 spiro atoms. The maximum atomic E-state index is 13.2. The van der Waals surface area contributed by atoms with Crippen LogP contribution in [0.25, 0.3) is 11.0 Å². The van der Waals surface area contributed by atoms with E-state index in [0.29, 0.717) is 16.6 Å². The molecule has 0 saturated carbocycles. The van der Waals surface area contributed by atoms with Gasteiger partial charge in [0, 0.05) is 0 Å². The van der Waals surface area contributed by atoms with Crippen LogP contribution in [0, 0.1) is 5.82 Å². The summed E-state index contributed by atoms with van der Waals surface area (Å²) in [6, 6.07) is 9.51. The molecule has 0 aliphatic heterocycles. The number of halogens is 4. The van der Waals surface area contributed by atoms with E-state index in [1.807, 2.05) is 0 Å². The van der Waals surface area contributed by atoms with Crippen molar-refractivity contribution in [1.29, 1.82) is 0 Å². The summed E-state index contributed by atoms with van der Waals surface area (Å²) in [7, 11) is 0. The monoisotopic (exact) mass is 340 g/mol. The Morgan fingerprint density at radius 1 is 1.12 bits per heavy atom. The summed E-state index contributed by atoms with van der Waals surface area (Å²) in [6.45, 7) is -1.38. The fourth-order valence-electron chi connectivity index (χ4n) is 2.20. The lowest BCUT2D eigenvalue weighted by molar-refractivity contribution is -0.153. The number of ether oxygens (including phenoxy) is 1. The predicted molar refractivity (Wildman–Crippen MR) is 78.1 cm³/mol. The van der Waals surface area contributed by atoms with Crippen LogP contribution in [0.4, 0.5) is 17.6 Å². The van der Waals surface area contributed by atoms with E-state index >= 15 is 0 Å². The zero-order valence-electron chi connectivity index (χ0n) is 12.1. The van der Waals surface area contributed by atoms with E-state index in [2.05, 4.69) is 14.7 Å². The summed E-state index contributed by atoms with van der Waals surface area (Å²) in [6.07, 6.45) is -5.54. The van der Waals surface area contributed by atoms with Gasteiger partial charge in [0.1, 0.15) is 23.5 Å². The molecule has 0 fully saturated rings. The number of nitrogens with zero attached hydrogens (tertiary/aromatic N) is 1. The van der Waals surface area contributed by atoms with Crippen molar-refractivity contribution in [3.63, 3.8) is 0 Å². The standard InChI is InChI=1S/C16H12F4N2O2/c17-10-3-6-12-13(7-10)22-15(21-12)14(23)9-1-4-11(5-2-9)24-8-16(18,19)20/h1-7,14,23H,8H2,(H,21,22). The number of hydrogen-bond donors (Lipinski definition) is 2. The molecule has 24 heavy (non-hydrogen) atoms. The Bertz CT molecular complexity index is 843. The molecule has 2 N–H and O–H groups in total. The highest BCUT2D eigenvalue weighted by atomic mass is 19.4. The molecule has 8 heteroatoms. The van der Waals surface area contributed by atoms with Crippen molar-refractivity contribution in [2.24, 2.45) is 0 Å². The molecule has 1 atom stereocenters. The van der Waals surface area contributed by atoms with Gasteiger partial charge in [-0.25, -0.2) is 9.37 Å². The number of fused-ring (bicyclic) bond motifs is 1.